The molecule has 5 heteroatoms. The normalized spacial score (nSPS) is 10.2. The van der Waals surface area contributed by atoms with Crippen LogP contribution in [0.5, 0.6) is 0 Å². The van der Waals surface area contributed by atoms with Gasteiger partial charge in [0.1, 0.15) is 5.69 Å². The fraction of sp³-hybridized carbons (Fsp3) is 0.214. The Labute approximate surface area is 110 Å². The molecule has 0 aliphatic rings. The Morgan fingerprint density at radius 2 is 2.05 bits per heavy atom. The van der Waals surface area contributed by atoms with Crippen LogP contribution in [0.4, 0.5) is 5.69 Å². The summed E-state index contributed by atoms with van der Waals surface area (Å²) in [5.74, 6) is -0.268. The zero-order chi connectivity index (χ0) is 13.8. The molecule has 2 N–H and O–H groups in total. The SMILES string of the molecule is CCc1[nH]c(=O)c(NC(C)=O)cc1-c1ccncc1. The van der Waals surface area contributed by atoms with Crippen LogP contribution in [0.3, 0.4) is 0 Å². The summed E-state index contributed by atoms with van der Waals surface area (Å²) in [6, 6.07) is 5.43. The van der Waals surface area contributed by atoms with Crippen molar-refractivity contribution in [2.75, 3.05) is 5.32 Å². The summed E-state index contributed by atoms with van der Waals surface area (Å²) < 4.78 is 0. The second-order valence-corrected chi connectivity index (χ2v) is 4.17. The Morgan fingerprint density at radius 3 is 2.63 bits per heavy atom. The Kier molecular flexibility index (Phi) is 3.75. The maximum Gasteiger partial charge on any atom is 0.271 e. The molecule has 2 aromatic rings. The highest BCUT2D eigenvalue weighted by Crippen LogP contribution is 2.23. The Morgan fingerprint density at radius 1 is 1.37 bits per heavy atom. The third kappa shape index (κ3) is 2.88. The molecule has 2 aromatic heterocycles. The van der Waals surface area contributed by atoms with Crippen LogP contribution < -0.4 is 10.9 Å². The van der Waals surface area contributed by atoms with Gasteiger partial charge in [0.25, 0.3) is 5.56 Å². The minimum atomic E-state index is -0.287. The van der Waals surface area contributed by atoms with Gasteiger partial charge in [0.15, 0.2) is 0 Å². The van der Waals surface area contributed by atoms with E-state index in [-0.39, 0.29) is 17.2 Å². The summed E-state index contributed by atoms with van der Waals surface area (Å²) in [6.07, 6.45) is 4.09. The summed E-state index contributed by atoms with van der Waals surface area (Å²) in [4.78, 5) is 29.7. The van der Waals surface area contributed by atoms with Crippen molar-refractivity contribution in [3.63, 3.8) is 0 Å². The number of pyridine rings is 2. The van der Waals surface area contributed by atoms with E-state index in [2.05, 4.69) is 15.3 Å². The summed E-state index contributed by atoms with van der Waals surface area (Å²) in [6.45, 7) is 3.34. The third-order valence-electron chi connectivity index (χ3n) is 2.78. The molecule has 0 saturated carbocycles. The minimum Gasteiger partial charge on any atom is -0.324 e. The van der Waals surface area contributed by atoms with Crippen molar-refractivity contribution in [1.29, 1.82) is 0 Å². The molecule has 0 aliphatic carbocycles. The predicted octanol–water partition coefficient (Wildman–Crippen LogP) is 1.96. The number of nitrogens with one attached hydrogen (secondary N) is 2. The largest absolute Gasteiger partial charge is 0.324 e. The zero-order valence-electron chi connectivity index (χ0n) is 10.9. The minimum absolute atomic E-state index is 0.261. The number of nitrogens with zero attached hydrogens (tertiary/aromatic N) is 1. The number of anilines is 1. The molecule has 0 unspecified atom stereocenters. The standard InChI is InChI=1S/C14H15N3O2/c1-3-12-11(10-4-6-15-7-5-10)8-13(14(19)17-12)16-9(2)18/h4-8H,3H2,1-2H3,(H,16,18)(H,17,19). The van der Waals surface area contributed by atoms with Crippen molar-refractivity contribution in [1.82, 2.24) is 9.97 Å². The zero-order valence-corrected chi connectivity index (χ0v) is 10.9. The van der Waals surface area contributed by atoms with Gasteiger partial charge >= 0.3 is 0 Å². The Balaban J connectivity index is 2.58. The number of amides is 1. The van der Waals surface area contributed by atoms with E-state index in [0.717, 1.165) is 16.8 Å². The molecule has 98 valence electrons. The van der Waals surface area contributed by atoms with Gasteiger partial charge in [-0.25, -0.2) is 0 Å². The molecule has 0 aliphatic heterocycles. The second kappa shape index (κ2) is 5.48. The molecule has 0 aromatic carbocycles. The molecule has 2 heterocycles. The molecular formula is C14H15N3O2. The lowest BCUT2D eigenvalue weighted by Gasteiger charge is -2.10. The van der Waals surface area contributed by atoms with Crippen LogP contribution in [0.15, 0.2) is 35.4 Å². The summed E-state index contributed by atoms with van der Waals surface area (Å²) in [5.41, 5.74) is 2.66. The molecule has 0 saturated heterocycles. The lowest BCUT2D eigenvalue weighted by molar-refractivity contribution is -0.114. The monoisotopic (exact) mass is 257 g/mol. The number of H-pyrrole nitrogens is 1. The fourth-order valence-electron chi connectivity index (χ4n) is 1.92. The smallest absolute Gasteiger partial charge is 0.271 e. The van der Waals surface area contributed by atoms with Crippen LogP contribution in [0.1, 0.15) is 19.5 Å². The summed E-state index contributed by atoms with van der Waals surface area (Å²) in [5, 5.41) is 2.54. The number of carbonyl (C=O) groups is 1. The van der Waals surface area contributed by atoms with E-state index in [1.807, 2.05) is 19.1 Å². The average molecular weight is 257 g/mol. The van der Waals surface area contributed by atoms with E-state index in [4.69, 9.17) is 0 Å². The maximum atomic E-state index is 11.8. The van der Waals surface area contributed by atoms with E-state index >= 15 is 0 Å². The van der Waals surface area contributed by atoms with Crippen LogP contribution in [0.25, 0.3) is 11.1 Å². The van der Waals surface area contributed by atoms with Crippen molar-refractivity contribution in [3.05, 3.63) is 46.6 Å². The van der Waals surface area contributed by atoms with Gasteiger partial charge in [-0.15, -0.1) is 0 Å². The molecule has 1 amide bonds. The average Bonchev–Trinajstić information content (AvgIpc) is 2.41. The van der Waals surface area contributed by atoms with Gasteiger partial charge in [0, 0.05) is 30.6 Å². The van der Waals surface area contributed by atoms with Gasteiger partial charge < -0.3 is 10.3 Å². The number of hydrogen-bond donors (Lipinski definition) is 2. The van der Waals surface area contributed by atoms with Crippen molar-refractivity contribution >= 4 is 11.6 Å². The van der Waals surface area contributed by atoms with Crippen LogP contribution in [0, 0.1) is 0 Å². The number of rotatable bonds is 3. The van der Waals surface area contributed by atoms with Crippen LogP contribution >= 0.6 is 0 Å². The summed E-state index contributed by atoms with van der Waals surface area (Å²) in [7, 11) is 0. The van der Waals surface area contributed by atoms with E-state index in [1.165, 1.54) is 6.92 Å². The van der Waals surface area contributed by atoms with E-state index in [9.17, 15) is 9.59 Å². The highest BCUT2D eigenvalue weighted by molar-refractivity contribution is 5.89. The fourth-order valence-corrected chi connectivity index (χ4v) is 1.92. The van der Waals surface area contributed by atoms with Gasteiger partial charge in [-0.2, -0.15) is 0 Å². The van der Waals surface area contributed by atoms with Crippen molar-refractivity contribution in [3.8, 4) is 11.1 Å². The number of hydrogen-bond acceptors (Lipinski definition) is 3. The van der Waals surface area contributed by atoms with E-state index in [0.29, 0.717) is 6.42 Å². The van der Waals surface area contributed by atoms with Crippen LogP contribution in [0.2, 0.25) is 0 Å². The van der Waals surface area contributed by atoms with Gasteiger partial charge in [-0.3, -0.25) is 14.6 Å². The molecule has 19 heavy (non-hydrogen) atoms. The predicted molar refractivity (Wildman–Crippen MR) is 74.0 cm³/mol. The van der Waals surface area contributed by atoms with Crippen molar-refractivity contribution in [2.24, 2.45) is 0 Å². The topological polar surface area (TPSA) is 74.8 Å². The Bertz CT molecular complexity index is 647. The molecule has 0 atom stereocenters. The number of aryl methyl sites for hydroxylation is 1. The van der Waals surface area contributed by atoms with Crippen LogP contribution in [-0.4, -0.2) is 15.9 Å². The quantitative estimate of drug-likeness (QED) is 0.882. The van der Waals surface area contributed by atoms with E-state index in [1.54, 1.807) is 18.5 Å². The molecule has 5 nitrogen and oxygen atoms in total. The molecule has 0 bridgehead atoms. The number of aromatic nitrogens is 2. The maximum absolute atomic E-state index is 11.8. The highest BCUT2D eigenvalue weighted by atomic mass is 16.2. The number of aromatic amines is 1. The highest BCUT2D eigenvalue weighted by Gasteiger charge is 2.10. The summed E-state index contributed by atoms with van der Waals surface area (Å²) >= 11 is 0. The van der Waals surface area contributed by atoms with Crippen molar-refractivity contribution < 1.29 is 4.79 Å². The lowest BCUT2D eigenvalue weighted by Crippen LogP contribution is -2.19. The van der Waals surface area contributed by atoms with Gasteiger partial charge in [0.05, 0.1) is 0 Å². The van der Waals surface area contributed by atoms with Gasteiger partial charge in [0.2, 0.25) is 5.91 Å². The molecule has 0 spiro atoms. The number of carbonyl (C=O) groups excluding carboxylic acids is 1. The first kappa shape index (κ1) is 13.0. The van der Waals surface area contributed by atoms with Gasteiger partial charge in [-0.1, -0.05) is 6.92 Å². The molecule has 0 fully saturated rings. The lowest BCUT2D eigenvalue weighted by atomic mass is 10.0. The third-order valence-corrected chi connectivity index (χ3v) is 2.78. The first-order chi connectivity index (χ1) is 9.11. The molecular weight excluding hydrogens is 242 g/mol. The van der Waals surface area contributed by atoms with Crippen molar-refractivity contribution in [2.45, 2.75) is 20.3 Å². The van der Waals surface area contributed by atoms with E-state index < -0.39 is 0 Å². The first-order valence-electron chi connectivity index (χ1n) is 6.06. The Hall–Kier alpha value is -2.43. The van der Waals surface area contributed by atoms with Crippen LogP contribution in [-0.2, 0) is 11.2 Å². The molecule has 0 radical (unpaired) electrons. The second-order valence-electron chi connectivity index (χ2n) is 4.17. The first-order valence-corrected chi connectivity index (χ1v) is 6.06. The molecule has 2 rings (SSSR count). The van der Waals surface area contributed by atoms with Gasteiger partial charge in [-0.05, 0) is 30.2 Å².